The molecule has 0 heterocycles. The molecule has 66 valence electrons. The van der Waals surface area contributed by atoms with Crippen molar-refractivity contribution in [3.05, 3.63) is 12.7 Å². The third-order valence-corrected chi connectivity index (χ3v) is 2.23. The summed E-state index contributed by atoms with van der Waals surface area (Å²) in [4.78, 5) is 21.8. The van der Waals surface area contributed by atoms with Crippen LogP contribution in [0, 0.1) is 11.3 Å². The smallest absolute Gasteiger partial charge is 0.323 e. The Hall–Kier alpha value is -1.32. The molecule has 0 spiro atoms. The fourth-order valence-electron chi connectivity index (χ4n) is 1.32. The van der Waals surface area contributed by atoms with Crippen molar-refractivity contribution in [2.75, 3.05) is 7.11 Å². The number of carbonyl (C=O) groups excluding carboxylic acids is 1. The zero-order chi connectivity index (χ0) is 9.35. The van der Waals surface area contributed by atoms with E-state index in [1.165, 1.54) is 13.2 Å². The van der Waals surface area contributed by atoms with Crippen LogP contribution in [0.15, 0.2) is 12.7 Å². The second-order valence-corrected chi connectivity index (χ2v) is 2.81. The number of hydrogen-bond acceptors (Lipinski definition) is 3. The van der Waals surface area contributed by atoms with Gasteiger partial charge in [0.25, 0.3) is 0 Å². The second-order valence-electron chi connectivity index (χ2n) is 2.81. The number of allylic oxidation sites excluding steroid dienone is 1. The Morgan fingerprint density at radius 1 is 1.75 bits per heavy atom. The highest BCUT2D eigenvalue weighted by Gasteiger charge is 2.66. The van der Waals surface area contributed by atoms with Gasteiger partial charge in [-0.05, 0) is 6.42 Å². The normalized spacial score (nSPS) is 32.2. The molecule has 1 aliphatic rings. The third kappa shape index (κ3) is 0.913. The summed E-state index contributed by atoms with van der Waals surface area (Å²) >= 11 is 0. The molecule has 0 amide bonds. The van der Waals surface area contributed by atoms with Gasteiger partial charge in [0.2, 0.25) is 0 Å². The highest BCUT2D eigenvalue weighted by molar-refractivity contribution is 6.03. The first-order valence-corrected chi connectivity index (χ1v) is 3.54. The van der Waals surface area contributed by atoms with Crippen LogP contribution < -0.4 is 0 Å². The van der Waals surface area contributed by atoms with Gasteiger partial charge in [-0.15, -0.1) is 6.58 Å². The molecule has 4 nitrogen and oxygen atoms in total. The van der Waals surface area contributed by atoms with Crippen molar-refractivity contribution < 1.29 is 19.4 Å². The molecule has 0 radical (unpaired) electrons. The quantitative estimate of drug-likeness (QED) is 0.379. The molecule has 1 aliphatic carbocycles. The number of esters is 1. The van der Waals surface area contributed by atoms with Crippen LogP contribution in [0.1, 0.15) is 6.42 Å². The van der Waals surface area contributed by atoms with Gasteiger partial charge in [-0.25, -0.2) is 0 Å². The van der Waals surface area contributed by atoms with E-state index in [0.29, 0.717) is 6.42 Å². The lowest BCUT2D eigenvalue weighted by Crippen LogP contribution is -2.28. The maximum Gasteiger partial charge on any atom is 0.323 e. The van der Waals surface area contributed by atoms with Crippen molar-refractivity contribution in [2.45, 2.75) is 6.42 Å². The van der Waals surface area contributed by atoms with Crippen LogP contribution in [-0.4, -0.2) is 24.2 Å². The molecule has 0 aromatic heterocycles. The highest BCUT2D eigenvalue weighted by atomic mass is 16.5. The number of rotatable bonds is 3. The van der Waals surface area contributed by atoms with Crippen molar-refractivity contribution >= 4 is 11.9 Å². The molecule has 0 bridgehead atoms. The van der Waals surface area contributed by atoms with E-state index in [1.54, 1.807) is 0 Å². The summed E-state index contributed by atoms with van der Waals surface area (Å²) in [6.07, 6.45) is 1.78. The van der Waals surface area contributed by atoms with Crippen molar-refractivity contribution in [3.63, 3.8) is 0 Å². The Kier molecular flexibility index (Phi) is 1.92. The van der Waals surface area contributed by atoms with Crippen molar-refractivity contribution in [1.29, 1.82) is 0 Å². The van der Waals surface area contributed by atoms with Gasteiger partial charge in [-0.2, -0.15) is 0 Å². The van der Waals surface area contributed by atoms with E-state index in [2.05, 4.69) is 11.3 Å². The van der Waals surface area contributed by atoms with Gasteiger partial charge in [-0.1, -0.05) is 6.08 Å². The van der Waals surface area contributed by atoms with Gasteiger partial charge in [0.15, 0.2) is 5.41 Å². The van der Waals surface area contributed by atoms with Crippen molar-refractivity contribution in [2.24, 2.45) is 11.3 Å². The fourth-order valence-corrected chi connectivity index (χ4v) is 1.32. The molecule has 1 fully saturated rings. The maximum absolute atomic E-state index is 11.1. The van der Waals surface area contributed by atoms with E-state index in [-0.39, 0.29) is 5.92 Å². The van der Waals surface area contributed by atoms with Crippen LogP contribution in [0.25, 0.3) is 0 Å². The van der Waals surface area contributed by atoms with E-state index in [0.717, 1.165) is 0 Å². The van der Waals surface area contributed by atoms with E-state index < -0.39 is 17.4 Å². The molecule has 0 aliphatic heterocycles. The summed E-state index contributed by atoms with van der Waals surface area (Å²) in [7, 11) is 1.19. The molecule has 0 aromatic rings. The summed E-state index contributed by atoms with van der Waals surface area (Å²) < 4.78 is 4.40. The van der Waals surface area contributed by atoms with Gasteiger partial charge < -0.3 is 9.84 Å². The Bertz CT molecular complexity index is 245. The van der Waals surface area contributed by atoms with Crippen LogP contribution in [0.3, 0.4) is 0 Å². The molecule has 1 rings (SSSR count). The van der Waals surface area contributed by atoms with Crippen LogP contribution in [0.5, 0.6) is 0 Å². The lowest BCUT2D eigenvalue weighted by atomic mass is 10.1. The van der Waals surface area contributed by atoms with Crippen LogP contribution in [0.4, 0.5) is 0 Å². The minimum Gasteiger partial charge on any atom is -0.480 e. The SMILES string of the molecule is C=C[C@H]1C[C@]1(C(=O)O)C(=O)OC. The van der Waals surface area contributed by atoms with Crippen LogP contribution in [0.2, 0.25) is 0 Å². The molecule has 1 N–H and O–H groups in total. The monoisotopic (exact) mass is 170 g/mol. The summed E-state index contributed by atoms with van der Waals surface area (Å²) in [6, 6.07) is 0. The number of carbonyl (C=O) groups is 2. The summed E-state index contributed by atoms with van der Waals surface area (Å²) in [5.41, 5.74) is -1.34. The average Bonchev–Trinajstić information content (AvgIpc) is 2.78. The summed E-state index contributed by atoms with van der Waals surface area (Å²) in [5.74, 6) is -2.08. The predicted octanol–water partition coefficient (Wildman–Crippen LogP) is 0.436. The van der Waals surface area contributed by atoms with Crippen LogP contribution >= 0.6 is 0 Å². The van der Waals surface area contributed by atoms with E-state index in [9.17, 15) is 9.59 Å². The summed E-state index contributed by atoms with van der Waals surface area (Å²) in [5, 5.41) is 8.76. The Morgan fingerprint density at radius 3 is 2.58 bits per heavy atom. The van der Waals surface area contributed by atoms with E-state index in [1.807, 2.05) is 0 Å². The topological polar surface area (TPSA) is 63.6 Å². The van der Waals surface area contributed by atoms with E-state index >= 15 is 0 Å². The molecule has 1 saturated carbocycles. The largest absolute Gasteiger partial charge is 0.480 e. The molecule has 0 saturated heterocycles. The van der Waals surface area contributed by atoms with Crippen molar-refractivity contribution in [3.8, 4) is 0 Å². The van der Waals surface area contributed by atoms with Gasteiger partial charge in [0.05, 0.1) is 7.11 Å². The van der Waals surface area contributed by atoms with Gasteiger partial charge >= 0.3 is 11.9 Å². The minimum absolute atomic E-state index is 0.276. The minimum atomic E-state index is -1.34. The first-order valence-electron chi connectivity index (χ1n) is 3.54. The standard InChI is InChI=1S/C8H10O4/c1-3-5-4-8(5,6(9)10)7(11)12-2/h3,5H,1,4H2,2H3,(H,9,10)/t5-,8-/m0/s1. The first-order chi connectivity index (χ1) is 5.59. The average molecular weight is 170 g/mol. The number of methoxy groups -OCH3 is 1. The summed E-state index contributed by atoms with van der Waals surface area (Å²) in [6.45, 7) is 3.45. The number of carboxylic acids is 1. The third-order valence-electron chi connectivity index (χ3n) is 2.23. The van der Waals surface area contributed by atoms with Crippen molar-refractivity contribution in [1.82, 2.24) is 0 Å². The molecule has 2 atom stereocenters. The second kappa shape index (κ2) is 2.62. The molecule has 0 aromatic carbocycles. The predicted molar refractivity (Wildman–Crippen MR) is 40.4 cm³/mol. The molecule has 0 unspecified atom stereocenters. The Balaban J connectivity index is 2.85. The lowest BCUT2D eigenvalue weighted by Gasteiger charge is -2.06. The maximum atomic E-state index is 11.1. The lowest BCUT2D eigenvalue weighted by molar-refractivity contribution is -0.159. The number of carboxylic acid groups (broad SMARTS) is 1. The molecule has 12 heavy (non-hydrogen) atoms. The van der Waals surface area contributed by atoms with Crippen LogP contribution in [-0.2, 0) is 14.3 Å². The van der Waals surface area contributed by atoms with Gasteiger partial charge in [-0.3, -0.25) is 9.59 Å². The number of aliphatic carboxylic acids is 1. The molecular weight excluding hydrogens is 160 g/mol. The first kappa shape index (κ1) is 8.77. The highest BCUT2D eigenvalue weighted by Crippen LogP contribution is 2.54. The van der Waals surface area contributed by atoms with E-state index in [4.69, 9.17) is 5.11 Å². The Morgan fingerprint density at radius 2 is 2.33 bits per heavy atom. The zero-order valence-electron chi connectivity index (χ0n) is 6.74. The van der Waals surface area contributed by atoms with Gasteiger partial charge in [0.1, 0.15) is 0 Å². The number of ether oxygens (including phenoxy) is 1. The zero-order valence-corrected chi connectivity index (χ0v) is 6.74. The van der Waals surface area contributed by atoms with Gasteiger partial charge in [0, 0.05) is 5.92 Å². The Labute approximate surface area is 69.8 Å². The molecular formula is C8H10O4. The fraction of sp³-hybridized carbons (Fsp3) is 0.500. The molecule has 4 heteroatoms. The number of hydrogen-bond donors (Lipinski definition) is 1.